The minimum atomic E-state index is -0.334. The van der Waals surface area contributed by atoms with Gasteiger partial charge in [-0.2, -0.15) is 9.97 Å². The molecule has 9 nitrogen and oxygen atoms in total. The molecule has 2 fully saturated rings. The Balaban J connectivity index is 1.40. The van der Waals surface area contributed by atoms with Gasteiger partial charge in [0.05, 0.1) is 31.1 Å². The predicted octanol–water partition coefficient (Wildman–Crippen LogP) is 4.53. The molecule has 218 valence electrons. The molecule has 0 bridgehead atoms. The molecule has 0 radical (unpaired) electrons. The van der Waals surface area contributed by atoms with Crippen molar-refractivity contribution in [3.63, 3.8) is 0 Å². The van der Waals surface area contributed by atoms with E-state index in [1.54, 1.807) is 17.0 Å². The third kappa shape index (κ3) is 5.19. The number of phenols is 1. The first kappa shape index (κ1) is 27.7. The van der Waals surface area contributed by atoms with Gasteiger partial charge in [-0.15, -0.1) is 0 Å². The molecule has 10 heteroatoms. The first-order chi connectivity index (χ1) is 19.9. The number of aromatic nitrogens is 2. The molecule has 1 aliphatic carbocycles. The molecule has 1 amide bonds. The Kier molecular flexibility index (Phi) is 7.70. The second-order valence-electron chi connectivity index (χ2n) is 11.5. The molecular formula is C31H38FN5O4. The smallest absolute Gasteiger partial charge is 0.318 e. The first-order valence-electron chi connectivity index (χ1n) is 14.6. The standard InChI is InChI=1S/C31H38FN5O4/c1-4-22-23(32)10-9-19-15-21(38)16-26(27(19)22)37-17-24-28(30(37)39)29(36-11-6-13-40-14-12-36)34-31(33-24)41-18-20-7-5-8-25(20)35(2)3/h9-10,15-16,20,25,38H,4-8,11-14,17-18H2,1-3H3/t20-,25-/m0/s1. The summed E-state index contributed by atoms with van der Waals surface area (Å²) in [5, 5.41) is 11.9. The molecule has 6 rings (SSSR count). The zero-order valence-corrected chi connectivity index (χ0v) is 24.0. The molecule has 1 aromatic heterocycles. The van der Waals surface area contributed by atoms with Gasteiger partial charge in [0.25, 0.3) is 5.91 Å². The lowest BCUT2D eigenvalue weighted by Gasteiger charge is -2.26. The van der Waals surface area contributed by atoms with Gasteiger partial charge < -0.3 is 29.3 Å². The van der Waals surface area contributed by atoms with Crippen molar-refractivity contribution in [3.05, 3.63) is 46.9 Å². The van der Waals surface area contributed by atoms with E-state index in [-0.39, 0.29) is 30.0 Å². The Bertz CT molecular complexity index is 1460. The molecule has 41 heavy (non-hydrogen) atoms. The van der Waals surface area contributed by atoms with Gasteiger partial charge >= 0.3 is 6.01 Å². The minimum Gasteiger partial charge on any atom is -0.508 e. The average molecular weight is 564 g/mol. The molecule has 2 aliphatic heterocycles. The number of fused-ring (bicyclic) bond motifs is 2. The molecule has 0 spiro atoms. The van der Waals surface area contributed by atoms with Crippen LogP contribution in [0.2, 0.25) is 0 Å². The summed E-state index contributed by atoms with van der Waals surface area (Å²) < 4.78 is 26.8. The molecule has 2 aromatic carbocycles. The predicted molar refractivity (Wildman–Crippen MR) is 155 cm³/mol. The van der Waals surface area contributed by atoms with E-state index in [9.17, 15) is 14.3 Å². The maximum Gasteiger partial charge on any atom is 0.318 e. The van der Waals surface area contributed by atoms with Crippen LogP contribution in [0.1, 0.15) is 54.2 Å². The summed E-state index contributed by atoms with van der Waals surface area (Å²) in [7, 11) is 4.21. The number of rotatable bonds is 7. The summed E-state index contributed by atoms with van der Waals surface area (Å²) in [6, 6.07) is 6.91. The van der Waals surface area contributed by atoms with Crippen molar-refractivity contribution in [2.75, 3.05) is 56.8 Å². The van der Waals surface area contributed by atoms with E-state index in [4.69, 9.17) is 19.4 Å². The number of hydrogen-bond acceptors (Lipinski definition) is 8. The lowest BCUT2D eigenvalue weighted by Crippen LogP contribution is -2.34. The number of anilines is 2. The number of nitrogens with zero attached hydrogens (tertiary/aromatic N) is 5. The maximum absolute atomic E-state index is 14.9. The Morgan fingerprint density at radius 3 is 2.80 bits per heavy atom. The molecule has 3 aliphatic rings. The fraction of sp³-hybridized carbons (Fsp3) is 0.516. The third-order valence-corrected chi connectivity index (χ3v) is 8.72. The van der Waals surface area contributed by atoms with Crippen molar-refractivity contribution in [1.82, 2.24) is 14.9 Å². The van der Waals surface area contributed by atoms with E-state index in [1.165, 1.54) is 18.6 Å². The summed E-state index contributed by atoms with van der Waals surface area (Å²) in [5.41, 5.74) is 1.97. The number of aromatic hydroxyl groups is 1. The number of amides is 1. The van der Waals surface area contributed by atoms with E-state index >= 15 is 0 Å². The molecular weight excluding hydrogens is 525 g/mol. The maximum atomic E-state index is 14.9. The van der Waals surface area contributed by atoms with Crippen LogP contribution in [0.3, 0.4) is 0 Å². The molecule has 1 N–H and O–H groups in total. The number of hydrogen-bond donors (Lipinski definition) is 1. The van der Waals surface area contributed by atoms with Crippen LogP contribution in [0.5, 0.6) is 11.8 Å². The number of benzene rings is 2. The van der Waals surface area contributed by atoms with E-state index < -0.39 is 0 Å². The monoisotopic (exact) mass is 563 g/mol. The number of carbonyl (C=O) groups excluding carboxylic acids is 1. The van der Waals surface area contributed by atoms with Crippen LogP contribution in [0.15, 0.2) is 24.3 Å². The van der Waals surface area contributed by atoms with E-state index in [0.29, 0.717) is 90.4 Å². The number of ether oxygens (including phenoxy) is 2. The zero-order valence-electron chi connectivity index (χ0n) is 24.0. The molecule has 2 atom stereocenters. The van der Waals surface area contributed by atoms with Crippen molar-refractivity contribution < 1.29 is 23.8 Å². The van der Waals surface area contributed by atoms with Gasteiger partial charge in [0.1, 0.15) is 22.9 Å². The highest BCUT2D eigenvalue weighted by molar-refractivity contribution is 6.16. The lowest BCUT2D eigenvalue weighted by atomic mass is 9.99. The molecule has 1 saturated heterocycles. The molecule has 1 saturated carbocycles. The van der Waals surface area contributed by atoms with Crippen LogP contribution in [0.25, 0.3) is 10.8 Å². The average Bonchev–Trinajstić information content (AvgIpc) is 3.45. The summed E-state index contributed by atoms with van der Waals surface area (Å²) >= 11 is 0. The van der Waals surface area contributed by atoms with Crippen LogP contribution >= 0.6 is 0 Å². The number of phenolic OH excluding ortho intramolecular Hbond substituents is 1. The van der Waals surface area contributed by atoms with E-state index in [1.807, 2.05) is 6.92 Å². The van der Waals surface area contributed by atoms with Crippen LogP contribution in [-0.4, -0.2) is 78.9 Å². The third-order valence-electron chi connectivity index (χ3n) is 8.72. The molecule has 3 aromatic rings. The normalized spacial score (nSPS) is 21.1. The van der Waals surface area contributed by atoms with Crippen LogP contribution in [0.4, 0.5) is 15.9 Å². The van der Waals surface area contributed by atoms with Gasteiger partial charge in [-0.3, -0.25) is 4.79 Å². The van der Waals surface area contributed by atoms with Crippen molar-refractivity contribution in [2.24, 2.45) is 5.92 Å². The number of carbonyl (C=O) groups is 1. The second kappa shape index (κ2) is 11.4. The van der Waals surface area contributed by atoms with Crippen molar-refractivity contribution in [3.8, 4) is 11.8 Å². The van der Waals surface area contributed by atoms with Gasteiger partial charge in [-0.25, -0.2) is 4.39 Å². The summed E-state index contributed by atoms with van der Waals surface area (Å²) in [5.74, 6) is 0.339. The Morgan fingerprint density at radius 1 is 1.15 bits per heavy atom. The van der Waals surface area contributed by atoms with E-state index in [0.717, 1.165) is 19.3 Å². The fourth-order valence-corrected chi connectivity index (χ4v) is 6.72. The van der Waals surface area contributed by atoms with Crippen molar-refractivity contribution in [2.45, 2.75) is 51.6 Å². The van der Waals surface area contributed by atoms with Gasteiger partial charge in [0.15, 0.2) is 0 Å². The highest BCUT2D eigenvalue weighted by atomic mass is 19.1. The highest BCUT2D eigenvalue weighted by Gasteiger charge is 2.38. The minimum absolute atomic E-state index is 0.0110. The Morgan fingerprint density at radius 2 is 2.00 bits per heavy atom. The Labute approximate surface area is 239 Å². The number of aryl methyl sites for hydroxylation is 1. The van der Waals surface area contributed by atoms with E-state index in [2.05, 4.69) is 23.9 Å². The second-order valence-corrected chi connectivity index (χ2v) is 11.5. The van der Waals surface area contributed by atoms with Gasteiger partial charge in [0.2, 0.25) is 0 Å². The first-order valence-corrected chi connectivity index (χ1v) is 14.6. The summed E-state index contributed by atoms with van der Waals surface area (Å²) in [4.78, 5) is 29.6. The Hall–Kier alpha value is -3.50. The SMILES string of the molecule is CCc1c(F)ccc2cc(O)cc(N3Cc4nc(OC[C@@H]5CCC[C@@H]5N(C)C)nc(N5CCCOCC5)c4C3=O)c12. The van der Waals surface area contributed by atoms with Gasteiger partial charge in [-0.1, -0.05) is 19.4 Å². The fourth-order valence-electron chi connectivity index (χ4n) is 6.72. The van der Waals surface area contributed by atoms with Crippen LogP contribution < -0.4 is 14.5 Å². The molecule has 0 unspecified atom stereocenters. The summed E-state index contributed by atoms with van der Waals surface area (Å²) in [6.07, 6.45) is 4.67. The zero-order chi connectivity index (χ0) is 28.7. The van der Waals surface area contributed by atoms with Crippen molar-refractivity contribution >= 4 is 28.2 Å². The topological polar surface area (TPSA) is 91.3 Å². The quantitative estimate of drug-likeness (QED) is 0.448. The highest BCUT2D eigenvalue weighted by Crippen LogP contribution is 2.41. The largest absolute Gasteiger partial charge is 0.508 e. The summed E-state index contributed by atoms with van der Waals surface area (Å²) in [6.45, 7) is 5.06. The van der Waals surface area contributed by atoms with Crippen LogP contribution in [0, 0.1) is 11.7 Å². The van der Waals surface area contributed by atoms with Crippen LogP contribution in [-0.2, 0) is 17.7 Å². The molecule has 3 heterocycles. The van der Waals surface area contributed by atoms with Gasteiger partial charge in [0, 0.05) is 43.1 Å². The van der Waals surface area contributed by atoms with Gasteiger partial charge in [-0.05, 0) is 62.9 Å². The van der Waals surface area contributed by atoms with Crippen molar-refractivity contribution in [1.29, 1.82) is 0 Å². The lowest BCUT2D eigenvalue weighted by molar-refractivity contribution is 0.0997. The number of halogens is 1.